The Morgan fingerprint density at radius 2 is 1.93 bits per heavy atom. The molecular weight excluding hydrogens is 233 g/mol. The van der Waals surface area contributed by atoms with Gasteiger partial charge in [-0.3, -0.25) is 4.57 Å². The number of nitrogen functional groups attached to an aromatic ring is 1. The summed E-state index contributed by atoms with van der Waals surface area (Å²) < 4.78 is 22.5. The predicted molar refractivity (Wildman–Crippen MR) is 63.3 cm³/mol. The molecule has 1 heterocycles. The first-order valence-electron chi connectivity index (χ1n) is 4.82. The molecule has 0 aliphatic heterocycles. The second-order valence-corrected chi connectivity index (χ2v) is 6.16. The molecule has 0 unspecified atom stereocenters. The lowest BCUT2D eigenvalue weighted by atomic mass is 10.5. The van der Waals surface area contributed by atoms with Gasteiger partial charge in [0, 0.05) is 4.88 Å². The number of nitrogens with two attached hydrogens (primary N) is 1. The molecule has 0 radical (unpaired) electrons. The van der Waals surface area contributed by atoms with Gasteiger partial charge in [-0.1, -0.05) is 0 Å². The summed E-state index contributed by atoms with van der Waals surface area (Å²) in [5.41, 5.74) is 5.59. The van der Waals surface area contributed by atoms with Gasteiger partial charge < -0.3 is 14.8 Å². The molecule has 0 aliphatic rings. The standard InChI is InChI=1S/C9H16NO3PS/c1-3-12-14(11,13-4-2)7-8-5-6-9(10)15-8/h5-6H,3-4,7,10H2,1-2H3. The molecular formula is C9H16NO3PS. The topological polar surface area (TPSA) is 61.5 Å². The molecule has 6 heteroatoms. The zero-order valence-electron chi connectivity index (χ0n) is 8.93. The highest BCUT2D eigenvalue weighted by Crippen LogP contribution is 2.52. The summed E-state index contributed by atoms with van der Waals surface area (Å²) in [7, 11) is -2.97. The molecule has 0 fully saturated rings. The minimum absolute atomic E-state index is 0.302. The minimum atomic E-state index is -2.97. The third kappa shape index (κ3) is 3.95. The Hall–Kier alpha value is -0.350. The van der Waals surface area contributed by atoms with Gasteiger partial charge in [-0.2, -0.15) is 0 Å². The normalized spacial score (nSPS) is 11.9. The highest BCUT2D eigenvalue weighted by atomic mass is 32.1. The van der Waals surface area contributed by atoms with E-state index in [1.165, 1.54) is 11.3 Å². The largest absolute Gasteiger partial charge is 0.391 e. The first-order valence-corrected chi connectivity index (χ1v) is 7.36. The van der Waals surface area contributed by atoms with Crippen molar-refractivity contribution in [2.24, 2.45) is 0 Å². The second kappa shape index (κ2) is 5.66. The van der Waals surface area contributed by atoms with Crippen molar-refractivity contribution in [3.8, 4) is 0 Å². The van der Waals surface area contributed by atoms with Crippen LogP contribution >= 0.6 is 18.9 Å². The maximum atomic E-state index is 12.1. The van der Waals surface area contributed by atoms with E-state index in [9.17, 15) is 4.57 Å². The van der Waals surface area contributed by atoms with Gasteiger partial charge in [0.05, 0.1) is 24.4 Å². The molecule has 0 aliphatic carbocycles. The fourth-order valence-electron chi connectivity index (χ4n) is 1.19. The predicted octanol–water partition coefficient (Wildman–Crippen LogP) is 3.10. The highest BCUT2D eigenvalue weighted by molar-refractivity contribution is 7.53. The first kappa shape index (κ1) is 12.7. The molecule has 1 rings (SSSR count). The average Bonchev–Trinajstić information content (AvgIpc) is 2.51. The number of rotatable bonds is 6. The van der Waals surface area contributed by atoms with E-state index in [4.69, 9.17) is 14.8 Å². The van der Waals surface area contributed by atoms with Crippen LogP contribution in [0.1, 0.15) is 18.7 Å². The fourth-order valence-corrected chi connectivity index (χ4v) is 4.03. The van der Waals surface area contributed by atoms with E-state index in [1.54, 1.807) is 19.9 Å². The zero-order valence-corrected chi connectivity index (χ0v) is 10.6. The molecule has 1 aromatic heterocycles. The number of hydrogen-bond acceptors (Lipinski definition) is 5. The maximum Gasteiger partial charge on any atom is 0.335 e. The summed E-state index contributed by atoms with van der Waals surface area (Å²) in [5.74, 6) is 0. The van der Waals surface area contributed by atoms with Crippen molar-refractivity contribution in [3.05, 3.63) is 17.0 Å². The summed E-state index contributed by atoms with van der Waals surface area (Å²) in [6, 6.07) is 3.65. The summed E-state index contributed by atoms with van der Waals surface area (Å²) in [4.78, 5) is 0.928. The average molecular weight is 249 g/mol. The van der Waals surface area contributed by atoms with Crippen LogP contribution in [-0.2, 0) is 19.8 Å². The number of hydrogen-bond donors (Lipinski definition) is 1. The van der Waals surface area contributed by atoms with E-state index in [1.807, 2.05) is 6.07 Å². The summed E-state index contributed by atoms with van der Waals surface area (Å²) in [6.45, 7) is 4.37. The van der Waals surface area contributed by atoms with Crippen molar-refractivity contribution in [3.63, 3.8) is 0 Å². The van der Waals surface area contributed by atoms with Crippen LogP contribution in [-0.4, -0.2) is 13.2 Å². The molecule has 86 valence electrons. The van der Waals surface area contributed by atoms with Crippen LogP contribution in [0.3, 0.4) is 0 Å². The number of thiophene rings is 1. The van der Waals surface area contributed by atoms with E-state index in [0.717, 1.165) is 4.88 Å². The lowest BCUT2D eigenvalue weighted by Gasteiger charge is -2.15. The van der Waals surface area contributed by atoms with Gasteiger partial charge in [-0.25, -0.2) is 0 Å². The van der Waals surface area contributed by atoms with Crippen LogP contribution in [0, 0.1) is 0 Å². The molecule has 0 spiro atoms. The van der Waals surface area contributed by atoms with Gasteiger partial charge in [0.1, 0.15) is 0 Å². The van der Waals surface area contributed by atoms with Gasteiger partial charge in [0.15, 0.2) is 0 Å². The molecule has 0 saturated heterocycles. The second-order valence-electron chi connectivity index (χ2n) is 2.91. The van der Waals surface area contributed by atoms with Crippen molar-refractivity contribution in [2.45, 2.75) is 20.0 Å². The lowest BCUT2D eigenvalue weighted by Crippen LogP contribution is -1.97. The Bertz CT molecular complexity index is 343. The van der Waals surface area contributed by atoms with Crippen LogP contribution < -0.4 is 5.73 Å². The van der Waals surface area contributed by atoms with Gasteiger partial charge in [0.25, 0.3) is 0 Å². The van der Waals surface area contributed by atoms with E-state index >= 15 is 0 Å². The SMILES string of the molecule is CCOP(=O)(Cc1ccc(N)s1)OCC. The fraction of sp³-hybridized carbons (Fsp3) is 0.556. The molecule has 0 saturated carbocycles. The maximum absolute atomic E-state index is 12.1. The lowest BCUT2D eigenvalue weighted by molar-refractivity contribution is 0.219. The van der Waals surface area contributed by atoms with E-state index in [0.29, 0.717) is 24.4 Å². The van der Waals surface area contributed by atoms with Gasteiger partial charge in [0.2, 0.25) is 0 Å². The first-order chi connectivity index (χ1) is 7.09. The highest BCUT2D eigenvalue weighted by Gasteiger charge is 2.24. The van der Waals surface area contributed by atoms with Gasteiger partial charge in [-0.05, 0) is 26.0 Å². The zero-order chi connectivity index (χ0) is 11.3. The molecule has 1 aromatic rings. The summed E-state index contributed by atoms with van der Waals surface area (Å²) in [5, 5.41) is 0.713. The molecule has 0 bridgehead atoms. The third-order valence-electron chi connectivity index (χ3n) is 1.68. The van der Waals surface area contributed by atoms with Crippen molar-refractivity contribution in [1.29, 1.82) is 0 Å². The van der Waals surface area contributed by atoms with Crippen molar-refractivity contribution in [2.75, 3.05) is 18.9 Å². The van der Waals surface area contributed by atoms with Crippen LogP contribution in [0.15, 0.2) is 12.1 Å². The number of anilines is 1. The minimum Gasteiger partial charge on any atom is -0.391 e. The van der Waals surface area contributed by atoms with Crippen LogP contribution in [0.5, 0.6) is 0 Å². The monoisotopic (exact) mass is 249 g/mol. The van der Waals surface area contributed by atoms with Crippen LogP contribution in [0.4, 0.5) is 5.00 Å². The van der Waals surface area contributed by atoms with E-state index in [-0.39, 0.29) is 0 Å². The molecule has 2 N–H and O–H groups in total. The Kier molecular flexibility index (Phi) is 4.80. The van der Waals surface area contributed by atoms with Crippen molar-refractivity contribution >= 4 is 23.9 Å². The quantitative estimate of drug-likeness (QED) is 0.787. The van der Waals surface area contributed by atoms with Crippen LogP contribution in [0.25, 0.3) is 0 Å². The molecule has 0 atom stereocenters. The molecule has 0 amide bonds. The smallest absolute Gasteiger partial charge is 0.335 e. The molecule has 4 nitrogen and oxygen atoms in total. The summed E-state index contributed by atoms with van der Waals surface area (Å²) in [6.07, 6.45) is 0.302. The Morgan fingerprint density at radius 1 is 1.33 bits per heavy atom. The molecule has 0 aromatic carbocycles. The van der Waals surface area contributed by atoms with E-state index in [2.05, 4.69) is 0 Å². The van der Waals surface area contributed by atoms with Gasteiger partial charge in [-0.15, -0.1) is 11.3 Å². The Morgan fingerprint density at radius 3 is 2.33 bits per heavy atom. The Labute approximate surface area is 93.9 Å². The van der Waals surface area contributed by atoms with Gasteiger partial charge >= 0.3 is 7.60 Å². The molecule has 15 heavy (non-hydrogen) atoms. The van der Waals surface area contributed by atoms with Crippen molar-refractivity contribution < 1.29 is 13.6 Å². The van der Waals surface area contributed by atoms with Crippen LogP contribution in [0.2, 0.25) is 0 Å². The third-order valence-corrected chi connectivity index (χ3v) is 4.84. The Balaban J connectivity index is 2.70. The van der Waals surface area contributed by atoms with Crippen molar-refractivity contribution in [1.82, 2.24) is 0 Å². The van der Waals surface area contributed by atoms with E-state index < -0.39 is 7.60 Å². The summed E-state index contributed by atoms with van der Waals surface area (Å²) >= 11 is 1.41.